The molecular formula is C76H50BN3. The highest BCUT2D eigenvalue weighted by atomic mass is 15.2. The average molecular weight is 1020 g/mol. The molecule has 0 saturated heterocycles. The van der Waals surface area contributed by atoms with Crippen LogP contribution in [0, 0.1) is 0 Å². The highest BCUT2D eigenvalue weighted by molar-refractivity contribution is 7.01. The lowest BCUT2D eigenvalue weighted by atomic mass is 9.37. The highest BCUT2D eigenvalue weighted by Crippen LogP contribution is 2.58. The molecule has 80 heavy (non-hydrogen) atoms. The van der Waals surface area contributed by atoms with Crippen molar-refractivity contribution in [2.45, 2.75) is 5.41 Å². The number of aromatic nitrogens is 2. The van der Waals surface area contributed by atoms with Crippen LogP contribution in [-0.4, -0.2) is 16.3 Å². The van der Waals surface area contributed by atoms with Gasteiger partial charge in [0.15, 0.2) is 0 Å². The van der Waals surface area contributed by atoms with Crippen LogP contribution >= 0.6 is 0 Å². The predicted molar refractivity (Wildman–Crippen MR) is 335 cm³/mol. The zero-order valence-corrected chi connectivity index (χ0v) is 43.8. The summed E-state index contributed by atoms with van der Waals surface area (Å²) in [6.45, 7) is -0.135. The number of nitrogens with zero attached hydrogens (tertiary/aromatic N) is 3. The number of fused-ring (bicyclic) bond motifs is 9. The molecule has 14 aromatic rings. The van der Waals surface area contributed by atoms with E-state index in [1.807, 2.05) is 0 Å². The molecular weight excluding hydrogens is 966 g/mol. The highest BCUT2D eigenvalue weighted by Gasteiger charge is 2.47. The molecule has 2 aliphatic rings. The molecule has 2 aromatic heterocycles. The summed E-state index contributed by atoms with van der Waals surface area (Å²) in [5.74, 6) is 0. The summed E-state index contributed by atoms with van der Waals surface area (Å²) in [5.41, 5.74) is 25.6. The molecule has 4 heterocycles. The third-order valence-corrected chi connectivity index (χ3v) is 17.1. The lowest BCUT2D eigenvalue weighted by Gasteiger charge is -2.46. The van der Waals surface area contributed by atoms with Crippen LogP contribution in [0.15, 0.2) is 303 Å². The summed E-state index contributed by atoms with van der Waals surface area (Å²) < 4.78 is 2.46. The fourth-order valence-corrected chi connectivity index (χ4v) is 14.0. The monoisotopic (exact) mass is 1020 g/mol. The van der Waals surface area contributed by atoms with Gasteiger partial charge in [0.25, 0.3) is 0 Å². The number of hydrogen-bond acceptors (Lipinski definition) is 2. The summed E-state index contributed by atoms with van der Waals surface area (Å²) in [5, 5.41) is 3.60. The first-order valence-corrected chi connectivity index (χ1v) is 27.7. The van der Waals surface area contributed by atoms with Gasteiger partial charge < -0.3 is 9.47 Å². The Bertz CT molecular complexity index is 4600. The van der Waals surface area contributed by atoms with Gasteiger partial charge in [-0.25, -0.2) is 0 Å². The Morgan fingerprint density at radius 2 is 0.838 bits per heavy atom. The third kappa shape index (κ3) is 6.79. The fourth-order valence-electron chi connectivity index (χ4n) is 14.0. The molecule has 0 fully saturated rings. The number of para-hydroxylation sites is 3. The van der Waals surface area contributed by atoms with Crippen LogP contribution < -0.4 is 21.3 Å². The quantitative estimate of drug-likeness (QED) is 0.141. The second-order valence-electron chi connectivity index (χ2n) is 21.2. The van der Waals surface area contributed by atoms with Crippen molar-refractivity contribution in [1.29, 1.82) is 0 Å². The van der Waals surface area contributed by atoms with Crippen LogP contribution in [0.1, 0.15) is 22.3 Å². The molecule has 0 aliphatic carbocycles. The number of anilines is 3. The summed E-state index contributed by atoms with van der Waals surface area (Å²) in [7, 11) is 0. The molecule has 0 saturated carbocycles. The molecule has 4 heteroatoms. The molecule has 2 aliphatic heterocycles. The summed E-state index contributed by atoms with van der Waals surface area (Å²) in [4.78, 5) is 7.99. The van der Waals surface area contributed by atoms with Crippen LogP contribution in [0.2, 0.25) is 0 Å². The Labute approximate surface area is 466 Å². The van der Waals surface area contributed by atoms with Crippen molar-refractivity contribution in [3.05, 3.63) is 326 Å². The first-order valence-electron chi connectivity index (χ1n) is 27.7. The van der Waals surface area contributed by atoms with Crippen molar-refractivity contribution in [2.75, 3.05) is 4.90 Å². The molecule has 0 N–H and O–H groups in total. The van der Waals surface area contributed by atoms with Crippen molar-refractivity contribution >= 4 is 72.9 Å². The maximum absolute atomic E-state index is 5.55. The van der Waals surface area contributed by atoms with Crippen LogP contribution in [0.25, 0.3) is 82.9 Å². The van der Waals surface area contributed by atoms with E-state index in [9.17, 15) is 0 Å². The number of hydrogen-bond donors (Lipinski definition) is 0. The lowest BCUT2D eigenvalue weighted by molar-refractivity contribution is 0.731. The number of benzene rings is 12. The SMILES string of the molecule is c1ccc(-c2cccc3c2B(c2ccc4c5ncc(N6c7ccccc7C(c7ccccc7)(c7ccccc7)c7ccccc76)cc5n(-c5ccccc5)c4c2)c2c-3c(-c3ccccc3)c3ccccc3c2-c2ccccc2)cc1. The van der Waals surface area contributed by atoms with Gasteiger partial charge in [-0.3, -0.25) is 4.98 Å². The van der Waals surface area contributed by atoms with Gasteiger partial charge in [0.1, 0.15) is 0 Å². The standard InChI is InChI=1S/C76H50BN3/c1-7-26-51(27-8-1)59-40-25-41-63-72-70(52-28-9-2-10-29-52)60-38-19-20-39-61(60)71(53-30-11-3-12-31-53)74(72)77(73(59)63)56-46-47-62-68(48-56)79(57-36-17-6-18-37-57)69-49-58(50-78-75(62)69)80-66-44-23-21-42-64(66)76(54-32-13-4-14-33-54,55-34-15-5-16-35-55)65-43-22-24-45-67(65)80/h1-50H. The first-order chi connectivity index (χ1) is 39.8. The lowest BCUT2D eigenvalue weighted by Crippen LogP contribution is -2.50. The zero-order valence-electron chi connectivity index (χ0n) is 43.8. The van der Waals surface area contributed by atoms with Gasteiger partial charge in [-0.2, -0.15) is 0 Å². The Balaban J connectivity index is 0.971. The predicted octanol–water partition coefficient (Wildman–Crippen LogP) is 17.0. The third-order valence-electron chi connectivity index (χ3n) is 17.1. The van der Waals surface area contributed by atoms with E-state index in [-0.39, 0.29) is 6.71 Å². The maximum Gasteiger partial charge on any atom is 0.244 e. The van der Waals surface area contributed by atoms with Gasteiger partial charge in [-0.15, -0.1) is 0 Å². The minimum Gasteiger partial charge on any atom is -0.308 e. The normalized spacial score (nSPS) is 13.1. The van der Waals surface area contributed by atoms with E-state index >= 15 is 0 Å². The van der Waals surface area contributed by atoms with E-state index in [0.29, 0.717) is 0 Å². The van der Waals surface area contributed by atoms with E-state index < -0.39 is 5.41 Å². The van der Waals surface area contributed by atoms with Crippen molar-refractivity contribution in [3.8, 4) is 50.2 Å². The largest absolute Gasteiger partial charge is 0.308 e. The minimum absolute atomic E-state index is 0.135. The van der Waals surface area contributed by atoms with Gasteiger partial charge in [-0.05, 0) is 114 Å². The second-order valence-corrected chi connectivity index (χ2v) is 21.2. The molecule has 0 bridgehead atoms. The molecule has 0 spiro atoms. The van der Waals surface area contributed by atoms with Crippen LogP contribution in [0.5, 0.6) is 0 Å². The molecule has 0 unspecified atom stereocenters. The van der Waals surface area contributed by atoms with Crippen LogP contribution in [0.3, 0.4) is 0 Å². The average Bonchev–Trinajstić information content (AvgIpc) is 3.44. The molecule has 16 rings (SSSR count). The Hall–Kier alpha value is -10.3. The first kappa shape index (κ1) is 45.9. The maximum atomic E-state index is 5.55. The van der Waals surface area contributed by atoms with Crippen molar-refractivity contribution in [2.24, 2.45) is 0 Å². The molecule has 0 amide bonds. The zero-order chi connectivity index (χ0) is 52.7. The minimum atomic E-state index is -0.578. The van der Waals surface area contributed by atoms with E-state index in [1.54, 1.807) is 0 Å². The van der Waals surface area contributed by atoms with E-state index in [1.165, 1.54) is 93.9 Å². The second kappa shape index (κ2) is 18.4. The Morgan fingerprint density at radius 3 is 1.45 bits per heavy atom. The van der Waals surface area contributed by atoms with Crippen LogP contribution in [-0.2, 0) is 5.41 Å². The Morgan fingerprint density at radius 1 is 0.338 bits per heavy atom. The summed E-state index contributed by atoms with van der Waals surface area (Å²) in [6.07, 6.45) is 2.09. The van der Waals surface area contributed by atoms with E-state index in [2.05, 4.69) is 313 Å². The molecule has 3 nitrogen and oxygen atoms in total. The van der Waals surface area contributed by atoms with Crippen LogP contribution in [0.4, 0.5) is 17.1 Å². The topological polar surface area (TPSA) is 21.1 Å². The van der Waals surface area contributed by atoms with Gasteiger partial charge in [0.05, 0.1) is 45.2 Å². The van der Waals surface area contributed by atoms with E-state index in [4.69, 9.17) is 4.98 Å². The van der Waals surface area contributed by atoms with Crippen molar-refractivity contribution < 1.29 is 0 Å². The number of rotatable bonds is 8. The van der Waals surface area contributed by atoms with Gasteiger partial charge in [0, 0.05) is 11.1 Å². The van der Waals surface area contributed by atoms with Crippen molar-refractivity contribution in [3.63, 3.8) is 0 Å². The summed E-state index contributed by atoms with van der Waals surface area (Å²) >= 11 is 0. The van der Waals surface area contributed by atoms with Crippen molar-refractivity contribution in [1.82, 2.24) is 9.55 Å². The van der Waals surface area contributed by atoms with E-state index in [0.717, 1.165) is 44.7 Å². The van der Waals surface area contributed by atoms with Gasteiger partial charge >= 0.3 is 0 Å². The Kier molecular flexibility index (Phi) is 10.6. The summed E-state index contributed by atoms with van der Waals surface area (Å²) in [6, 6.07) is 110. The molecule has 0 atom stereocenters. The van der Waals surface area contributed by atoms with Gasteiger partial charge in [0.2, 0.25) is 6.71 Å². The fraction of sp³-hybridized carbons (Fsp3) is 0.0132. The number of pyridine rings is 1. The molecule has 0 radical (unpaired) electrons. The van der Waals surface area contributed by atoms with Gasteiger partial charge in [-0.1, -0.05) is 277 Å². The molecule has 12 aromatic carbocycles. The smallest absolute Gasteiger partial charge is 0.244 e. The molecule has 372 valence electrons.